The monoisotopic (exact) mass is 391 g/mol. The summed E-state index contributed by atoms with van der Waals surface area (Å²) in [6, 6.07) is 7.90. The summed E-state index contributed by atoms with van der Waals surface area (Å²) in [4.78, 5) is 27.7. The van der Waals surface area contributed by atoms with E-state index in [4.69, 9.17) is 9.47 Å². The fourth-order valence-corrected chi connectivity index (χ4v) is 3.66. The van der Waals surface area contributed by atoms with Crippen molar-refractivity contribution in [2.45, 2.75) is 26.2 Å². The number of likely N-dealkylation sites (tertiary alicyclic amines) is 1. The highest BCUT2D eigenvalue weighted by Crippen LogP contribution is 2.21. The Kier molecular flexibility index (Phi) is 9.07. The van der Waals surface area contributed by atoms with E-state index >= 15 is 0 Å². The molecule has 28 heavy (non-hydrogen) atoms. The van der Waals surface area contributed by atoms with Crippen LogP contribution >= 0.6 is 0 Å². The third-order valence-electron chi connectivity index (χ3n) is 5.06. The van der Waals surface area contributed by atoms with Crippen molar-refractivity contribution in [1.82, 2.24) is 15.1 Å². The molecule has 7 heteroatoms. The number of carbonyl (C=O) groups excluding carboxylic acids is 2. The lowest BCUT2D eigenvalue weighted by Gasteiger charge is -2.34. The van der Waals surface area contributed by atoms with E-state index in [1.807, 2.05) is 18.2 Å². The van der Waals surface area contributed by atoms with E-state index in [1.165, 1.54) is 5.56 Å². The van der Waals surface area contributed by atoms with Gasteiger partial charge in [0.05, 0.1) is 13.7 Å². The Labute approximate surface area is 168 Å². The SMILES string of the molecule is CCOC(=O)CNC(=O)N(C)C[C@@H]1CCCN(CCc2ccccc2OC)C1. The minimum absolute atomic E-state index is 0.0906. The number of urea groups is 1. The smallest absolute Gasteiger partial charge is 0.325 e. The molecule has 0 aromatic heterocycles. The number of para-hydroxylation sites is 1. The molecular formula is C21H33N3O4. The summed E-state index contributed by atoms with van der Waals surface area (Å²) in [7, 11) is 3.48. The fraction of sp³-hybridized carbons (Fsp3) is 0.619. The van der Waals surface area contributed by atoms with E-state index in [0.29, 0.717) is 19.1 Å². The third-order valence-corrected chi connectivity index (χ3v) is 5.06. The number of amides is 2. The molecule has 1 aromatic rings. The van der Waals surface area contributed by atoms with Crippen LogP contribution in [0.2, 0.25) is 0 Å². The Morgan fingerprint density at radius 2 is 2.11 bits per heavy atom. The summed E-state index contributed by atoms with van der Waals surface area (Å²) >= 11 is 0. The van der Waals surface area contributed by atoms with Gasteiger partial charge < -0.3 is 24.6 Å². The topological polar surface area (TPSA) is 71.1 Å². The Morgan fingerprint density at radius 3 is 2.86 bits per heavy atom. The molecule has 7 nitrogen and oxygen atoms in total. The molecule has 1 heterocycles. The summed E-state index contributed by atoms with van der Waals surface area (Å²) < 4.78 is 10.3. The molecule has 1 saturated heterocycles. The maximum atomic E-state index is 12.2. The Morgan fingerprint density at radius 1 is 1.32 bits per heavy atom. The fourth-order valence-electron chi connectivity index (χ4n) is 3.66. The van der Waals surface area contributed by atoms with Crippen LogP contribution in [0.15, 0.2) is 24.3 Å². The van der Waals surface area contributed by atoms with E-state index in [2.05, 4.69) is 16.3 Å². The first kappa shape index (κ1) is 22.0. The van der Waals surface area contributed by atoms with Gasteiger partial charge in [-0.3, -0.25) is 4.79 Å². The van der Waals surface area contributed by atoms with Crippen LogP contribution in [0.3, 0.4) is 0 Å². The van der Waals surface area contributed by atoms with Crippen molar-refractivity contribution < 1.29 is 19.1 Å². The molecule has 1 N–H and O–H groups in total. The van der Waals surface area contributed by atoms with Crippen LogP contribution in [0.5, 0.6) is 5.75 Å². The summed E-state index contributed by atoms with van der Waals surface area (Å²) in [6.45, 7) is 5.70. The van der Waals surface area contributed by atoms with Gasteiger partial charge in [0.2, 0.25) is 0 Å². The van der Waals surface area contributed by atoms with E-state index in [0.717, 1.165) is 44.6 Å². The standard InChI is InChI=1S/C21H33N3O4/c1-4-28-20(25)14-22-21(26)23(2)15-17-8-7-12-24(16-17)13-11-18-9-5-6-10-19(18)27-3/h5-6,9-10,17H,4,7-8,11-16H2,1-3H3,(H,22,26)/t17-/m0/s1. The first-order chi connectivity index (χ1) is 13.5. The molecule has 0 radical (unpaired) electrons. The molecule has 1 aliphatic rings. The minimum Gasteiger partial charge on any atom is -0.496 e. The number of piperidine rings is 1. The molecule has 1 aliphatic heterocycles. The second-order valence-corrected chi connectivity index (χ2v) is 7.21. The minimum atomic E-state index is -0.413. The van der Waals surface area contributed by atoms with Gasteiger partial charge in [0, 0.05) is 26.7 Å². The van der Waals surface area contributed by atoms with Crippen LogP contribution in [0.1, 0.15) is 25.3 Å². The molecule has 0 bridgehead atoms. The normalized spacial score (nSPS) is 17.0. The second kappa shape index (κ2) is 11.5. The molecule has 1 atom stereocenters. The number of benzene rings is 1. The van der Waals surface area contributed by atoms with Gasteiger partial charge >= 0.3 is 12.0 Å². The highest BCUT2D eigenvalue weighted by Gasteiger charge is 2.23. The van der Waals surface area contributed by atoms with Crippen LogP contribution in [0, 0.1) is 5.92 Å². The first-order valence-electron chi connectivity index (χ1n) is 10.0. The lowest BCUT2D eigenvalue weighted by Crippen LogP contribution is -2.46. The largest absolute Gasteiger partial charge is 0.496 e. The zero-order valence-corrected chi connectivity index (χ0v) is 17.3. The number of methoxy groups -OCH3 is 1. The van der Waals surface area contributed by atoms with Gasteiger partial charge in [-0.15, -0.1) is 0 Å². The highest BCUT2D eigenvalue weighted by atomic mass is 16.5. The predicted octanol–water partition coefficient (Wildman–Crippen LogP) is 2.15. The van der Waals surface area contributed by atoms with Crippen LogP contribution in [0.4, 0.5) is 4.79 Å². The number of ether oxygens (including phenoxy) is 2. The molecule has 1 fully saturated rings. The zero-order chi connectivity index (χ0) is 20.4. The van der Waals surface area contributed by atoms with Gasteiger partial charge in [0.25, 0.3) is 0 Å². The number of nitrogens with zero attached hydrogens (tertiary/aromatic N) is 2. The van der Waals surface area contributed by atoms with Crippen LogP contribution in [-0.4, -0.2) is 75.3 Å². The number of esters is 1. The van der Waals surface area contributed by atoms with Crippen LogP contribution in [-0.2, 0) is 16.0 Å². The number of hydrogen-bond acceptors (Lipinski definition) is 5. The molecule has 2 amide bonds. The maximum Gasteiger partial charge on any atom is 0.325 e. The maximum absolute atomic E-state index is 12.2. The lowest BCUT2D eigenvalue weighted by atomic mass is 9.97. The van der Waals surface area contributed by atoms with Crippen molar-refractivity contribution in [1.29, 1.82) is 0 Å². The zero-order valence-electron chi connectivity index (χ0n) is 17.3. The predicted molar refractivity (Wildman–Crippen MR) is 109 cm³/mol. The van der Waals surface area contributed by atoms with Crippen molar-refractivity contribution >= 4 is 12.0 Å². The van der Waals surface area contributed by atoms with E-state index in [1.54, 1.807) is 26.0 Å². The molecule has 156 valence electrons. The van der Waals surface area contributed by atoms with Crippen molar-refractivity contribution in [3.63, 3.8) is 0 Å². The molecule has 0 spiro atoms. The Hall–Kier alpha value is -2.28. The number of nitrogens with one attached hydrogen (secondary N) is 1. The molecule has 0 unspecified atom stereocenters. The van der Waals surface area contributed by atoms with Gasteiger partial charge in [-0.25, -0.2) is 4.79 Å². The van der Waals surface area contributed by atoms with Crippen LogP contribution in [0.25, 0.3) is 0 Å². The van der Waals surface area contributed by atoms with Gasteiger partial charge in [0.1, 0.15) is 12.3 Å². The summed E-state index contributed by atoms with van der Waals surface area (Å²) in [6.07, 6.45) is 3.20. The molecule has 0 saturated carbocycles. The van der Waals surface area contributed by atoms with Gasteiger partial charge in [-0.2, -0.15) is 0 Å². The first-order valence-corrected chi connectivity index (χ1v) is 10.0. The van der Waals surface area contributed by atoms with Crippen LogP contribution < -0.4 is 10.1 Å². The van der Waals surface area contributed by atoms with Gasteiger partial charge in [-0.05, 0) is 50.3 Å². The van der Waals surface area contributed by atoms with Crippen molar-refractivity contribution in [3.05, 3.63) is 29.8 Å². The average Bonchev–Trinajstić information content (AvgIpc) is 2.71. The Balaban J connectivity index is 1.76. The number of hydrogen-bond donors (Lipinski definition) is 1. The van der Waals surface area contributed by atoms with Crippen molar-refractivity contribution in [2.24, 2.45) is 5.92 Å². The summed E-state index contributed by atoms with van der Waals surface area (Å²) in [5, 5.41) is 2.61. The molecule has 0 aliphatic carbocycles. The molecular weight excluding hydrogens is 358 g/mol. The average molecular weight is 392 g/mol. The highest BCUT2D eigenvalue weighted by molar-refractivity contribution is 5.80. The van der Waals surface area contributed by atoms with Gasteiger partial charge in [-0.1, -0.05) is 18.2 Å². The van der Waals surface area contributed by atoms with E-state index in [-0.39, 0.29) is 12.6 Å². The number of carbonyl (C=O) groups is 2. The third kappa shape index (κ3) is 7.03. The summed E-state index contributed by atoms with van der Waals surface area (Å²) in [5.74, 6) is 0.961. The molecule has 1 aromatic carbocycles. The van der Waals surface area contributed by atoms with E-state index < -0.39 is 5.97 Å². The van der Waals surface area contributed by atoms with E-state index in [9.17, 15) is 9.59 Å². The molecule has 2 rings (SSSR count). The summed E-state index contributed by atoms with van der Waals surface area (Å²) in [5.41, 5.74) is 1.22. The second-order valence-electron chi connectivity index (χ2n) is 7.21. The Bertz CT molecular complexity index is 638. The van der Waals surface area contributed by atoms with Crippen molar-refractivity contribution in [3.8, 4) is 5.75 Å². The number of rotatable bonds is 9. The lowest BCUT2D eigenvalue weighted by molar-refractivity contribution is -0.141. The quantitative estimate of drug-likeness (QED) is 0.653. The van der Waals surface area contributed by atoms with Crippen molar-refractivity contribution in [2.75, 3.05) is 53.5 Å². The van der Waals surface area contributed by atoms with Gasteiger partial charge in [0.15, 0.2) is 0 Å².